The van der Waals surface area contributed by atoms with Crippen molar-refractivity contribution in [2.75, 3.05) is 7.11 Å². The minimum absolute atomic E-state index is 0.521. The molecule has 0 saturated heterocycles. The van der Waals surface area contributed by atoms with Gasteiger partial charge in [-0.25, -0.2) is 0 Å². The zero-order valence-electron chi connectivity index (χ0n) is 14.9. The van der Waals surface area contributed by atoms with Gasteiger partial charge in [0, 0.05) is 0 Å². The third kappa shape index (κ3) is 4.64. The van der Waals surface area contributed by atoms with Gasteiger partial charge in [0.05, 0.1) is 7.11 Å². The predicted octanol–water partition coefficient (Wildman–Crippen LogP) is 3.66. The molecule has 3 rings (SSSR count). The summed E-state index contributed by atoms with van der Waals surface area (Å²) in [4.78, 5) is 0. The molecule has 0 unspecified atom stereocenters. The molecule has 0 spiro atoms. The highest BCUT2D eigenvalue weighted by Crippen LogP contribution is 2.29. The molecule has 3 heteroatoms. The van der Waals surface area contributed by atoms with Gasteiger partial charge in [0.1, 0.15) is 16.1 Å². The van der Waals surface area contributed by atoms with Crippen LogP contribution in [0.1, 0.15) is 11.1 Å². The lowest BCUT2D eigenvalue weighted by Crippen LogP contribution is -2.30. The molecule has 130 valence electrons. The molecular weight excluding hydrogens is 336 g/mol. The van der Waals surface area contributed by atoms with Gasteiger partial charge in [-0.1, -0.05) is 77.1 Å². The van der Waals surface area contributed by atoms with E-state index in [1.807, 2.05) is 24.3 Å². The van der Waals surface area contributed by atoms with E-state index in [4.69, 9.17) is 9.47 Å². The molecule has 0 bridgehead atoms. The second-order valence-electron chi connectivity index (χ2n) is 5.91. The van der Waals surface area contributed by atoms with Gasteiger partial charge >= 0.3 is 0 Å². The van der Waals surface area contributed by atoms with Crippen molar-refractivity contribution in [1.82, 2.24) is 0 Å². The third-order valence-corrected chi connectivity index (χ3v) is 5.44. The zero-order valence-corrected chi connectivity index (χ0v) is 15.9. The molecule has 0 aliphatic carbocycles. The topological polar surface area (TPSA) is 18.5 Å². The zero-order chi connectivity index (χ0) is 18.2. The van der Waals surface area contributed by atoms with Crippen molar-refractivity contribution >= 4 is 19.9 Å². The first-order valence-corrected chi connectivity index (χ1v) is 9.60. The van der Waals surface area contributed by atoms with Crippen molar-refractivity contribution in [1.29, 1.82) is 0 Å². The number of methoxy groups -OCH3 is 1. The fourth-order valence-electron chi connectivity index (χ4n) is 2.73. The first-order chi connectivity index (χ1) is 12.8. The molecule has 0 aromatic heterocycles. The average Bonchev–Trinajstić information content (AvgIpc) is 2.69. The molecule has 0 N–H and O–H groups in total. The van der Waals surface area contributed by atoms with Crippen molar-refractivity contribution in [3.05, 3.63) is 96.6 Å². The van der Waals surface area contributed by atoms with Crippen LogP contribution in [0.2, 0.25) is 0 Å². The largest absolute Gasteiger partial charge is 0.493 e. The van der Waals surface area contributed by atoms with Crippen LogP contribution in [-0.4, -0.2) is 16.6 Å². The Labute approximate surface area is 157 Å². The lowest BCUT2D eigenvalue weighted by atomic mass is 10.1. The Hall–Kier alpha value is -2.78. The third-order valence-electron chi connectivity index (χ3n) is 4.06. The van der Waals surface area contributed by atoms with E-state index in [1.165, 1.54) is 15.9 Å². The molecule has 0 aliphatic heterocycles. The SMILES string of the molecule is C=CCc1ccc(OCc2ccccc2[Si]c2ccccc2)c(OC)c1. The lowest BCUT2D eigenvalue weighted by molar-refractivity contribution is 0.285. The summed E-state index contributed by atoms with van der Waals surface area (Å²) in [6, 6.07) is 25.0. The van der Waals surface area contributed by atoms with Crippen LogP contribution in [0, 0.1) is 0 Å². The van der Waals surface area contributed by atoms with Gasteiger partial charge < -0.3 is 9.47 Å². The molecule has 3 aromatic carbocycles. The average molecular weight is 359 g/mol. The van der Waals surface area contributed by atoms with Gasteiger partial charge in [0.25, 0.3) is 0 Å². The maximum atomic E-state index is 6.08. The summed E-state index contributed by atoms with van der Waals surface area (Å²) in [6.45, 7) is 4.30. The number of allylic oxidation sites excluding steroid dienone is 1. The van der Waals surface area contributed by atoms with Crippen molar-refractivity contribution in [2.24, 2.45) is 0 Å². The number of ether oxygens (including phenoxy) is 2. The molecule has 0 atom stereocenters. The molecule has 3 aromatic rings. The van der Waals surface area contributed by atoms with Crippen molar-refractivity contribution in [3.63, 3.8) is 0 Å². The molecule has 2 nitrogen and oxygen atoms in total. The van der Waals surface area contributed by atoms with Crippen molar-refractivity contribution < 1.29 is 9.47 Å². The van der Waals surface area contributed by atoms with Crippen LogP contribution >= 0.6 is 0 Å². The van der Waals surface area contributed by atoms with E-state index in [0.717, 1.165) is 23.5 Å². The van der Waals surface area contributed by atoms with Gasteiger partial charge in [0.15, 0.2) is 11.5 Å². The predicted molar refractivity (Wildman–Crippen MR) is 109 cm³/mol. The number of rotatable bonds is 8. The minimum Gasteiger partial charge on any atom is -0.493 e. The van der Waals surface area contributed by atoms with Gasteiger partial charge in [-0.15, -0.1) is 6.58 Å². The fraction of sp³-hybridized carbons (Fsp3) is 0.130. The van der Waals surface area contributed by atoms with Crippen molar-refractivity contribution in [3.8, 4) is 11.5 Å². The highest BCUT2D eigenvalue weighted by Gasteiger charge is 2.09. The van der Waals surface area contributed by atoms with Crippen LogP contribution in [0.5, 0.6) is 11.5 Å². The summed E-state index contributed by atoms with van der Waals surface area (Å²) in [6.07, 6.45) is 2.70. The van der Waals surface area contributed by atoms with E-state index < -0.39 is 0 Å². The van der Waals surface area contributed by atoms with Crippen LogP contribution < -0.4 is 19.8 Å². The molecule has 0 aliphatic rings. The quantitative estimate of drug-likeness (QED) is 0.452. The summed E-state index contributed by atoms with van der Waals surface area (Å²) in [7, 11) is 2.29. The smallest absolute Gasteiger partial charge is 0.161 e. The van der Waals surface area contributed by atoms with E-state index in [-0.39, 0.29) is 0 Å². The minimum atomic E-state index is 0.521. The van der Waals surface area contributed by atoms with Gasteiger partial charge in [0.2, 0.25) is 0 Å². The Morgan fingerprint density at radius 2 is 1.69 bits per heavy atom. The molecule has 0 saturated carbocycles. The van der Waals surface area contributed by atoms with Crippen LogP contribution in [-0.2, 0) is 13.0 Å². The summed E-state index contributed by atoms with van der Waals surface area (Å²) >= 11 is 0. The number of hydrogen-bond acceptors (Lipinski definition) is 2. The molecule has 2 radical (unpaired) electrons. The summed E-state index contributed by atoms with van der Waals surface area (Å²) in [5.41, 5.74) is 2.36. The molecular formula is C23H22O2Si. The number of hydrogen-bond donors (Lipinski definition) is 0. The Morgan fingerprint density at radius 1 is 0.923 bits per heavy atom. The van der Waals surface area contributed by atoms with Gasteiger partial charge in [-0.05, 0) is 29.7 Å². The summed E-state index contributed by atoms with van der Waals surface area (Å²) in [5.74, 6) is 1.52. The second kappa shape index (κ2) is 9.06. The molecule has 0 fully saturated rings. The lowest BCUT2D eigenvalue weighted by Gasteiger charge is -2.14. The van der Waals surface area contributed by atoms with Crippen molar-refractivity contribution in [2.45, 2.75) is 13.0 Å². The highest BCUT2D eigenvalue weighted by molar-refractivity contribution is 6.67. The van der Waals surface area contributed by atoms with E-state index in [1.54, 1.807) is 7.11 Å². The van der Waals surface area contributed by atoms with Crippen LogP contribution in [0.25, 0.3) is 0 Å². The van der Waals surface area contributed by atoms with Crippen LogP contribution in [0.15, 0.2) is 85.5 Å². The highest BCUT2D eigenvalue weighted by atomic mass is 28.2. The Morgan fingerprint density at radius 3 is 2.46 bits per heavy atom. The maximum Gasteiger partial charge on any atom is 0.161 e. The Kier molecular flexibility index (Phi) is 6.28. The molecule has 0 amide bonds. The standard InChI is InChI=1S/C23H22O2Si/c1-3-9-18-14-15-21(22(16-18)24-2)25-17-19-10-7-8-13-23(19)26-20-11-5-4-6-12-20/h3-8,10-16H,1,9,17H2,2H3. The van der Waals surface area contributed by atoms with E-state index in [9.17, 15) is 0 Å². The monoisotopic (exact) mass is 358 g/mol. The number of benzene rings is 3. The maximum absolute atomic E-state index is 6.08. The normalized spacial score (nSPS) is 10.3. The Balaban J connectivity index is 1.75. The summed E-state index contributed by atoms with van der Waals surface area (Å²) in [5, 5.41) is 2.63. The molecule has 0 heterocycles. The Bertz CT molecular complexity index is 859. The van der Waals surface area contributed by atoms with E-state index in [0.29, 0.717) is 16.1 Å². The van der Waals surface area contributed by atoms with Gasteiger partial charge in [-0.2, -0.15) is 0 Å². The first kappa shape index (κ1) is 18.0. The van der Waals surface area contributed by atoms with E-state index in [2.05, 4.69) is 61.2 Å². The van der Waals surface area contributed by atoms with Gasteiger partial charge in [-0.3, -0.25) is 0 Å². The fourth-order valence-corrected chi connectivity index (χ4v) is 3.89. The van der Waals surface area contributed by atoms with Crippen LogP contribution in [0.4, 0.5) is 0 Å². The molecule has 26 heavy (non-hydrogen) atoms. The first-order valence-electron chi connectivity index (χ1n) is 8.60. The van der Waals surface area contributed by atoms with Crippen LogP contribution in [0.3, 0.4) is 0 Å². The summed E-state index contributed by atoms with van der Waals surface area (Å²) < 4.78 is 11.6. The van der Waals surface area contributed by atoms with E-state index >= 15 is 0 Å². The second-order valence-corrected chi connectivity index (χ2v) is 7.28.